The second-order valence-electron chi connectivity index (χ2n) is 4.40. The van der Waals surface area contributed by atoms with Crippen molar-refractivity contribution in [1.82, 2.24) is 20.3 Å². The Balaban J connectivity index is 1.90. The van der Waals surface area contributed by atoms with Gasteiger partial charge in [-0.25, -0.2) is 8.42 Å². The van der Waals surface area contributed by atoms with Gasteiger partial charge in [-0.05, 0) is 17.7 Å². The van der Waals surface area contributed by atoms with Crippen LogP contribution in [0.15, 0.2) is 35.4 Å². The number of aromatic nitrogens is 3. The monoisotopic (exact) mass is 280 g/mol. The molecule has 0 unspecified atom stereocenters. The quantitative estimate of drug-likeness (QED) is 0.863. The molecule has 0 bridgehead atoms. The lowest BCUT2D eigenvalue weighted by Gasteiger charge is -2.04. The predicted octanol–water partition coefficient (Wildman–Crippen LogP) is 0.508. The Morgan fingerprint density at radius 3 is 2.42 bits per heavy atom. The van der Waals surface area contributed by atoms with Crippen molar-refractivity contribution in [1.29, 1.82) is 0 Å². The van der Waals surface area contributed by atoms with E-state index in [9.17, 15) is 8.42 Å². The van der Waals surface area contributed by atoms with Gasteiger partial charge in [0.2, 0.25) is 0 Å². The molecule has 0 fully saturated rings. The molecule has 0 saturated heterocycles. The Morgan fingerprint density at radius 1 is 1.21 bits per heavy atom. The normalized spacial score (nSPS) is 11.7. The Kier molecular flexibility index (Phi) is 3.96. The van der Waals surface area contributed by atoms with E-state index < -0.39 is 9.84 Å². The maximum Gasteiger partial charge on any atom is 0.175 e. The van der Waals surface area contributed by atoms with Crippen molar-refractivity contribution in [3.63, 3.8) is 0 Å². The van der Waals surface area contributed by atoms with Crippen molar-refractivity contribution < 1.29 is 8.42 Å². The van der Waals surface area contributed by atoms with Crippen molar-refractivity contribution >= 4 is 9.84 Å². The van der Waals surface area contributed by atoms with E-state index in [0.29, 0.717) is 18.0 Å². The number of benzene rings is 1. The lowest BCUT2D eigenvalue weighted by molar-refractivity contribution is 0.601. The minimum atomic E-state index is -3.12. The van der Waals surface area contributed by atoms with Crippen LogP contribution in [0.3, 0.4) is 0 Å². The van der Waals surface area contributed by atoms with Crippen LogP contribution in [0, 0.1) is 0 Å². The molecule has 1 aromatic carbocycles. The highest BCUT2D eigenvalue weighted by Crippen LogP contribution is 2.10. The lowest BCUT2D eigenvalue weighted by atomic mass is 10.2. The topological polar surface area (TPSA) is 76.9 Å². The second kappa shape index (κ2) is 5.50. The van der Waals surface area contributed by atoms with Gasteiger partial charge in [0.05, 0.1) is 10.6 Å². The summed E-state index contributed by atoms with van der Waals surface area (Å²) >= 11 is 0. The molecule has 2 rings (SSSR count). The second-order valence-corrected chi connectivity index (χ2v) is 6.42. The van der Waals surface area contributed by atoms with Crippen molar-refractivity contribution in [2.75, 3.05) is 6.26 Å². The van der Waals surface area contributed by atoms with E-state index in [0.717, 1.165) is 11.3 Å². The van der Waals surface area contributed by atoms with E-state index in [1.165, 1.54) is 6.26 Å². The minimum absolute atomic E-state index is 0.338. The van der Waals surface area contributed by atoms with Gasteiger partial charge in [0.1, 0.15) is 0 Å². The van der Waals surface area contributed by atoms with Gasteiger partial charge in [0.25, 0.3) is 0 Å². The van der Waals surface area contributed by atoms with Gasteiger partial charge in [0, 0.05) is 32.6 Å². The molecule has 6 nitrogen and oxygen atoms in total. The summed E-state index contributed by atoms with van der Waals surface area (Å²) in [7, 11) is -1.30. The Morgan fingerprint density at radius 2 is 1.89 bits per heavy atom. The van der Waals surface area contributed by atoms with Gasteiger partial charge < -0.3 is 5.32 Å². The Labute approximate surface area is 112 Å². The highest BCUT2D eigenvalue weighted by atomic mass is 32.2. The third-order valence-corrected chi connectivity index (χ3v) is 3.77. The van der Waals surface area contributed by atoms with E-state index in [1.54, 1.807) is 28.9 Å². The van der Waals surface area contributed by atoms with Gasteiger partial charge in [-0.1, -0.05) is 17.3 Å². The first-order chi connectivity index (χ1) is 8.95. The average Bonchev–Trinajstić information content (AvgIpc) is 2.75. The van der Waals surface area contributed by atoms with Crippen LogP contribution in [0.2, 0.25) is 0 Å². The maximum atomic E-state index is 11.3. The fourth-order valence-corrected chi connectivity index (χ4v) is 2.30. The molecule has 7 heteroatoms. The van der Waals surface area contributed by atoms with Gasteiger partial charge in [-0.3, -0.25) is 4.68 Å². The SMILES string of the molecule is Cn1cc(CNCc2ccc(S(C)(=O)=O)cc2)nn1. The summed E-state index contributed by atoms with van der Waals surface area (Å²) in [4.78, 5) is 0.338. The molecular formula is C12H16N4O2S. The van der Waals surface area contributed by atoms with E-state index in [2.05, 4.69) is 15.6 Å². The van der Waals surface area contributed by atoms with Crippen LogP contribution in [-0.4, -0.2) is 29.7 Å². The molecule has 0 radical (unpaired) electrons. The molecule has 102 valence electrons. The van der Waals surface area contributed by atoms with Crippen molar-refractivity contribution in [3.8, 4) is 0 Å². The van der Waals surface area contributed by atoms with E-state index in [1.807, 2.05) is 13.2 Å². The number of hydrogen-bond acceptors (Lipinski definition) is 5. The number of rotatable bonds is 5. The zero-order chi connectivity index (χ0) is 13.9. The summed E-state index contributed by atoms with van der Waals surface area (Å²) in [5.41, 5.74) is 1.89. The minimum Gasteiger partial charge on any atom is -0.307 e. The zero-order valence-electron chi connectivity index (χ0n) is 10.9. The third kappa shape index (κ3) is 3.87. The van der Waals surface area contributed by atoms with Gasteiger partial charge in [-0.15, -0.1) is 5.10 Å². The number of aryl methyl sites for hydroxylation is 1. The van der Waals surface area contributed by atoms with E-state index in [4.69, 9.17) is 0 Å². The standard InChI is InChI=1S/C12H16N4O2S/c1-16-9-11(14-15-16)8-13-7-10-3-5-12(6-4-10)19(2,17)18/h3-6,9,13H,7-8H2,1-2H3. The summed E-state index contributed by atoms with van der Waals surface area (Å²) in [6.45, 7) is 1.28. The molecule has 1 heterocycles. The van der Waals surface area contributed by atoms with Crippen molar-refractivity contribution in [2.45, 2.75) is 18.0 Å². The number of hydrogen-bond donors (Lipinski definition) is 1. The molecule has 0 atom stereocenters. The molecule has 0 amide bonds. The van der Waals surface area contributed by atoms with Crippen LogP contribution < -0.4 is 5.32 Å². The molecular weight excluding hydrogens is 264 g/mol. The average molecular weight is 280 g/mol. The highest BCUT2D eigenvalue weighted by molar-refractivity contribution is 7.90. The molecule has 1 aromatic heterocycles. The van der Waals surface area contributed by atoms with Crippen LogP contribution in [0.5, 0.6) is 0 Å². The Bertz CT molecular complexity index is 647. The maximum absolute atomic E-state index is 11.3. The van der Waals surface area contributed by atoms with Crippen LogP contribution in [0.25, 0.3) is 0 Å². The van der Waals surface area contributed by atoms with E-state index >= 15 is 0 Å². The molecule has 1 N–H and O–H groups in total. The molecule has 2 aromatic rings. The third-order valence-electron chi connectivity index (χ3n) is 2.64. The molecule has 0 aliphatic carbocycles. The first-order valence-electron chi connectivity index (χ1n) is 5.80. The zero-order valence-corrected chi connectivity index (χ0v) is 11.7. The van der Waals surface area contributed by atoms with Crippen molar-refractivity contribution in [3.05, 3.63) is 41.7 Å². The predicted molar refractivity (Wildman–Crippen MR) is 71.1 cm³/mol. The van der Waals surface area contributed by atoms with Crippen LogP contribution >= 0.6 is 0 Å². The number of sulfone groups is 1. The fourth-order valence-electron chi connectivity index (χ4n) is 1.67. The van der Waals surface area contributed by atoms with Gasteiger partial charge in [0.15, 0.2) is 9.84 Å². The molecule has 0 aliphatic heterocycles. The summed E-state index contributed by atoms with van der Waals surface area (Å²) < 4.78 is 24.3. The van der Waals surface area contributed by atoms with Crippen LogP contribution in [0.1, 0.15) is 11.3 Å². The lowest BCUT2D eigenvalue weighted by Crippen LogP contribution is -2.13. The van der Waals surface area contributed by atoms with Gasteiger partial charge >= 0.3 is 0 Å². The summed E-state index contributed by atoms with van der Waals surface area (Å²) in [5, 5.41) is 11.0. The molecule has 19 heavy (non-hydrogen) atoms. The fraction of sp³-hybridized carbons (Fsp3) is 0.333. The number of nitrogens with zero attached hydrogens (tertiary/aromatic N) is 3. The molecule has 0 aliphatic rings. The number of nitrogens with one attached hydrogen (secondary N) is 1. The molecule has 0 spiro atoms. The largest absolute Gasteiger partial charge is 0.307 e. The highest BCUT2D eigenvalue weighted by Gasteiger charge is 2.06. The van der Waals surface area contributed by atoms with E-state index in [-0.39, 0.29) is 0 Å². The van der Waals surface area contributed by atoms with Gasteiger partial charge in [-0.2, -0.15) is 0 Å². The van der Waals surface area contributed by atoms with Crippen molar-refractivity contribution in [2.24, 2.45) is 7.05 Å². The smallest absolute Gasteiger partial charge is 0.175 e. The van der Waals surface area contributed by atoms with Crippen LogP contribution in [-0.2, 0) is 30.0 Å². The molecule has 0 saturated carbocycles. The first-order valence-corrected chi connectivity index (χ1v) is 7.69. The first kappa shape index (κ1) is 13.7. The summed E-state index contributed by atoms with van der Waals surface area (Å²) in [6.07, 6.45) is 3.05. The van der Waals surface area contributed by atoms with Crippen LogP contribution in [0.4, 0.5) is 0 Å². The summed E-state index contributed by atoms with van der Waals surface area (Å²) in [5.74, 6) is 0. The Hall–Kier alpha value is -1.73. The summed E-state index contributed by atoms with van der Waals surface area (Å²) in [6, 6.07) is 6.85.